The quantitative estimate of drug-likeness (QED) is 0.575. The first kappa shape index (κ1) is 9.48. The van der Waals surface area contributed by atoms with Gasteiger partial charge in [0.1, 0.15) is 6.10 Å². The molecule has 1 rings (SSSR count). The molecule has 2 N–H and O–H groups in total. The molecule has 1 saturated heterocycles. The third kappa shape index (κ3) is 1.95. The number of carbonyl (C=O) groups excluding carboxylic acids is 1. The van der Waals surface area contributed by atoms with Gasteiger partial charge in [-0.2, -0.15) is 0 Å². The van der Waals surface area contributed by atoms with E-state index in [9.17, 15) is 4.79 Å². The SMILES string of the molecule is CC(O)C(=O)N1CC[C@@H](CO)C1. The number of amides is 1. The molecule has 1 aliphatic heterocycles. The lowest BCUT2D eigenvalue weighted by Crippen LogP contribution is -2.36. The van der Waals surface area contributed by atoms with Gasteiger partial charge in [-0.05, 0) is 13.3 Å². The predicted molar refractivity (Wildman–Crippen MR) is 43.5 cm³/mol. The Kier molecular flexibility index (Phi) is 3.05. The average Bonchev–Trinajstić information content (AvgIpc) is 2.50. The van der Waals surface area contributed by atoms with Crippen LogP contribution in [0.15, 0.2) is 0 Å². The van der Waals surface area contributed by atoms with E-state index in [4.69, 9.17) is 10.2 Å². The van der Waals surface area contributed by atoms with Gasteiger partial charge in [-0.25, -0.2) is 0 Å². The molecule has 0 radical (unpaired) electrons. The van der Waals surface area contributed by atoms with Crippen LogP contribution in [0.1, 0.15) is 13.3 Å². The van der Waals surface area contributed by atoms with Gasteiger partial charge in [0, 0.05) is 25.6 Å². The summed E-state index contributed by atoms with van der Waals surface area (Å²) in [7, 11) is 0. The van der Waals surface area contributed by atoms with Crippen LogP contribution in [0.25, 0.3) is 0 Å². The maximum atomic E-state index is 11.2. The van der Waals surface area contributed by atoms with Gasteiger partial charge in [0.25, 0.3) is 5.91 Å². The zero-order valence-corrected chi connectivity index (χ0v) is 7.23. The topological polar surface area (TPSA) is 60.8 Å². The Morgan fingerprint density at radius 3 is 2.83 bits per heavy atom. The molecule has 0 spiro atoms. The molecule has 0 saturated carbocycles. The van der Waals surface area contributed by atoms with E-state index in [2.05, 4.69) is 0 Å². The molecule has 1 unspecified atom stereocenters. The Bertz CT molecular complexity index is 170. The van der Waals surface area contributed by atoms with Crippen molar-refractivity contribution in [2.24, 2.45) is 5.92 Å². The fourth-order valence-electron chi connectivity index (χ4n) is 1.45. The molecule has 0 aromatic heterocycles. The molecule has 1 heterocycles. The van der Waals surface area contributed by atoms with Gasteiger partial charge in [0.15, 0.2) is 0 Å². The highest BCUT2D eigenvalue weighted by atomic mass is 16.3. The van der Waals surface area contributed by atoms with Crippen LogP contribution in [0.4, 0.5) is 0 Å². The number of hydrogen-bond donors (Lipinski definition) is 2. The van der Waals surface area contributed by atoms with Crippen LogP contribution in [0.2, 0.25) is 0 Å². The Labute approximate surface area is 71.8 Å². The van der Waals surface area contributed by atoms with E-state index in [-0.39, 0.29) is 18.4 Å². The summed E-state index contributed by atoms with van der Waals surface area (Å²) in [5.41, 5.74) is 0. The van der Waals surface area contributed by atoms with Crippen molar-refractivity contribution in [3.8, 4) is 0 Å². The number of hydrogen-bond acceptors (Lipinski definition) is 3. The molecule has 0 aliphatic carbocycles. The van der Waals surface area contributed by atoms with Gasteiger partial charge in [-0.15, -0.1) is 0 Å². The van der Waals surface area contributed by atoms with Gasteiger partial charge in [-0.1, -0.05) is 0 Å². The van der Waals surface area contributed by atoms with Crippen molar-refractivity contribution in [1.82, 2.24) is 4.90 Å². The Morgan fingerprint density at radius 2 is 2.42 bits per heavy atom. The van der Waals surface area contributed by atoms with E-state index >= 15 is 0 Å². The van der Waals surface area contributed by atoms with E-state index in [1.54, 1.807) is 4.90 Å². The molecule has 0 aromatic carbocycles. The molecule has 1 fully saturated rings. The fourth-order valence-corrected chi connectivity index (χ4v) is 1.45. The zero-order valence-electron chi connectivity index (χ0n) is 7.23. The minimum Gasteiger partial charge on any atom is -0.396 e. The highest BCUT2D eigenvalue weighted by molar-refractivity contribution is 5.80. The summed E-state index contributed by atoms with van der Waals surface area (Å²) in [5, 5.41) is 17.8. The smallest absolute Gasteiger partial charge is 0.251 e. The number of rotatable bonds is 2. The fraction of sp³-hybridized carbons (Fsp3) is 0.875. The molecular weight excluding hydrogens is 158 g/mol. The molecule has 70 valence electrons. The van der Waals surface area contributed by atoms with E-state index in [0.717, 1.165) is 6.42 Å². The van der Waals surface area contributed by atoms with Crippen molar-refractivity contribution in [2.75, 3.05) is 19.7 Å². The second-order valence-corrected chi connectivity index (χ2v) is 3.30. The van der Waals surface area contributed by atoms with Crippen molar-refractivity contribution in [3.05, 3.63) is 0 Å². The first-order valence-corrected chi connectivity index (χ1v) is 4.23. The third-order valence-corrected chi connectivity index (χ3v) is 2.21. The first-order valence-electron chi connectivity index (χ1n) is 4.23. The standard InChI is InChI=1S/C8H15NO3/c1-6(11)8(12)9-3-2-7(4-9)5-10/h6-7,10-11H,2-5H2,1H3/t6?,7-/m1/s1. The molecule has 1 amide bonds. The third-order valence-electron chi connectivity index (χ3n) is 2.21. The minimum absolute atomic E-state index is 0.129. The summed E-state index contributed by atoms with van der Waals surface area (Å²) in [6.07, 6.45) is -0.0722. The minimum atomic E-state index is -0.914. The van der Waals surface area contributed by atoms with Crippen LogP contribution in [0, 0.1) is 5.92 Å². The van der Waals surface area contributed by atoms with E-state index < -0.39 is 6.10 Å². The number of likely N-dealkylation sites (tertiary alicyclic amines) is 1. The molecule has 0 bridgehead atoms. The van der Waals surface area contributed by atoms with E-state index in [0.29, 0.717) is 13.1 Å². The maximum absolute atomic E-state index is 11.2. The normalized spacial score (nSPS) is 25.9. The van der Waals surface area contributed by atoms with Crippen LogP contribution in [-0.4, -0.2) is 46.8 Å². The molecular formula is C8H15NO3. The summed E-state index contributed by atoms with van der Waals surface area (Å²) >= 11 is 0. The van der Waals surface area contributed by atoms with Crippen molar-refractivity contribution in [3.63, 3.8) is 0 Å². The molecule has 1 aliphatic rings. The van der Waals surface area contributed by atoms with Crippen molar-refractivity contribution >= 4 is 5.91 Å². The van der Waals surface area contributed by atoms with Crippen molar-refractivity contribution in [1.29, 1.82) is 0 Å². The lowest BCUT2D eigenvalue weighted by atomic mass is 10.1. The van der Waals surface area contributed by atoms with Crippen molar-refractivity contribution in [2.45, 2.75) is 19.4 Å². The number of carbonyl (C=O) groups is 1. The Morgan fingerprint density at radius 1 is 1.75 bits per heavy atom. The van der Waals surface area contributed by atoms with Crippen LogP contribution >= 0.6 is 0 Å². The summed E-state index contributed by atoms with van der Waals surface area (Å²) in [4.78, 5) is 12.8. The summed E-state index contributed by atoms with van der Waals surface area (Å²) in [6.45, 7) is 2.84. The first-order chi connectivity index (χ1) is 5.65. The highest BCUT2D eigenvalue weighted by Gasteiger charge is 2.27. The molecule has 12 heavy (non-hydrogen) atoms. The van der Waals surface area contributed by atoms with Gasteiger partial charge < -0.3 is 15.1 Å². The van der Waals surface area contributed by atoms with Crippen LogP contribution in [0.3, 0.4) is 0 Å². The molecule has 2 atom stereocenters. The highest BCUT2D eigenvalue weighted by Crippen LogP contribution is 2.15. The van der Waals surface area contributed by atoms with Gasteiger partial charge in [0.05, 0.1) is 0 Å². The zero-order chi connectivity index (χ0) is 9.14. The molecule has 4 heteroatoms. The average molecular weight is 173 g/mol. The van der Waals surface area contributed by atoms with Gasteiger partial charge >= 0.3 is 0 Å². The second kappa shape index (κ2) is 3.87. The van der Waals surface area contributed by atoms with E-state index in [1.807, 2.05) is 0 Å². The second-order valence-electron chi connectivity index (χ2n) is 3.30. The monoisotopic (exact) mass is 173 g/mol. The predicted octanol–water partition coefficient (Wildman–Crippen LogP) is -0.792. The molecule has 4 nitrogen and oxygen atoms in total. The van der Waals surface area contributed by atoms with Crippen LogP contribution in [0.5, 0.6) is 0 Å². The molecule has 0 aromatic rings. The number of nitrogens with zero attached hydrogens (tertiary/aromatic N) is 1. The summed E-state index contributed by atoms with van der Waals surface area (Å²) < 4.78 is 0. The van der Waals surface area contributed by atoms with Crippen LogP contribution < -0.4 is 0 Å². The summed E-state index contributed by atoms with van der Waals surface area (Å²) in [6, 6.07) is 0. The van der Waals surface area contributed by atoms with Gasteiger partial charge in [0.2, 0.25) is 0 Å². The van der Waals surface area contributed by atoms with E-state index in [1.165, 1.54) is 6.92 Å². The lowest BCUT2D eigenvalue weighted by molar-refractivity contribution is -0.138. The van der Waals surface area contributed by atoms with Crippen LogP contribution in [-0.2, 0) is 4.79 Å². The maximum Gasteiger partial charge on any atom is 0.251 e. The van der Waals surface area contributed by atoms with Gasteiger partial charge in [-0.3, -0.25) is 4.79 Å². The Hall–Kier alpha value is -0.610. The Balaban J connectivity index is 2.41. The van der Waals surface area contributed by atoms with Crippen molar-refractivity contribution < 1.29 is 15.0 Å². The largest absolute Gasteiger partial charge is 0.396 e. The summed E-state index contributed by atoms with van der Waals surface area (Å²) in [5.74, 6) is -0.0290. The lowest BCUT2D eigenvalue weighted by Gasteiger charge is -2.17. The number of aliphatic hydroxyl groups is 2. The number of aliphatic hydroxyl groups excluding tert-OH is 2.